The summed E-state index contributed by atoms with van der Waals surface area (Å²) in [5, 5.41) is 2.99. The summed E-state index contributed by atoms with van der Waals surface area (Å²) in [5.74, 6) is 0.493. The molecule has 2 atom stereocenters. The third kappa shape index (κ3) is 4.09. The zero-order chi connectivity index (χ0) is 13.9. The largest absolute Gasteiger partial charge is 0.350 e. The lowest BCUT2D eigenvalue weighted by Gasteiger charge is -2.36. The van der Waals surface area contributed by atoms with Gasteiger partial charge in [0.05, 0.1) is 6.04 Å². The van der Waals surface area contributed by atoms with Crippen LogP contribution >= 0.6 is 0 Å². The Morgan fingerprint density at radius 1 is 1.50 bits per heavy atom. The van der Waals surface area contributed by atoms with Gasteiger partial charge in [0.15, 0.2) is 0 Å². The predicted molar refractivity (Wildman–Crippen MR) is 72.3 cm³/mol. The molecule has 0 spiro atoms. The summed E-state index contributed by atoms with van der Waals surface area (Å²) in [5.41, 5.74) is -0.207. The predicted octanol–water partition coefficient (Wildman–Crippen LogP) is 1.59. The van der Waals surface area contributed by atoms with Crippen molar-refractivity contribution in [3.63, 3.8) is 0 Å². The number of rotatable bonds is 3. The Kier molecular flexibility index (Phi) is 4.91. The lowest BCUT2D eigenvalue weighted by molar-refractivity contribution is -0.133. The van der Waals surface area contributed by atoms with Gasteiger partial charge in [-0.15, -0.1) is 0 Å². The molecule has 0 radical (unpaired) electrons. The molecule has 1 N–H and O–H groups in total. The van der Waals surface area contributed by atoms with E-state index < -0.39 is 0 Å². The molecule has 0 bridgehead atoms. The fourth-order valence-electron chi connectivity index (χ4n) is 2.28. The van der Waals surface area contributed by atoms with Gasteiger partial charge in [0, 0.05) is 31.0 Å². The van der Waals surface area contributed by atoms with Gasteiger partial charge in [-0.3, -0.25) is 14.5 Å². The molecule has 1 amide bonds. The van der Waals surface area contributed by atoms with Gasteiger partial charge in [-0.1, -0.05) is 6.92 Å². The maximum atomic E-state index is 12.1. The van der Waals surface area contributed by atoms with Crippen LogP contribution < -0.4 is 5.32 Å². The molecule has 2 unspecified atom stereocenters. The summed E-state index contributed by atoms with van der Waals surface area (Å²) in [6, 6.07) is -0.161. The van der Waals surface area contributed by atoms with Gasteiger partial charge in [0.25, 0.3) is 0 Å². The Morgan fingerprint density at radius 3 is 2.61 bits per heavy atom. The SMILES string of the molecule is CCC1CN(C(C)C(=O)NC(C)(C)C)CCC1=O. The lowest BCUT2D eigenvalue weighted by Crippen LogP contribution is -2.54. The third-order valence-electron chi connectivity index (χ3n) is 3.47. The maximum Gasteiger partial charge on any atom is 0.237 e. The molecule has 104 valence electrons. The highest BCUT2D eigenvalue weighted by atomic mass is 16.2. The van der Waals surface area contributed by atoms with Crippen LogP contribution in [0.5, 0.6) is 0 Å². The second-order valence-corrected chi connectivity index (χ2v) is 6.23. The van der Waals surface area contributed by atoms with Crippen molar-refractivity contribution in [2.75, 3.05) is 13.1 Å². The number of carbonyl (C=O) groups is 2. The van der Waals surface area contributed by atoms with Crippen molar-refractivity contribution in [1.82, 2.24) is 10.2 Å². The van der Waals surface area contributed by atoms with E-state index in [4.69, 9.17) is 0 Å². The van der Waals surface area contributed by atoms with E-state index in [2.05, 4.69) is 10.2 Å². The smallest absolute Gasteiger partial charge is 0.237 e. The van der Waals surface area contributed by atoms with Gasteiger partial charge in [-0.05, 0) is 34.1 Å². The fraction of sp³-hybridized carbons (Fsp3) is 0.857. The summed E-state index contributed by atoms with van der Waals surface area (Å²) in [4.78, 5) is 25.9. The van der Waals surface area contributed by atoms with Crippen molar-refractivity contribution in [1.29, 1.82) is 0 Å². The molecule has 1 aliphatic heterocycles. The fourth-order valence-corrected chi connectivity index (χ4v) is 2.28. The zero-order valence-electron chi connectivity index (χ0n) is 12.2. The van der Waals surface area contributed by atoms with Gasteiger partial charge in [0.1, 0.15) is 5.78 Å². The summed E-state index contributed by atoms with van der Waals surface area (Å²) in [6.45, 7) is 11.3. The Balaban J connectivity index is 2.59. The first-order valence-corrected chi connectivity index (χ1v) is 6.83. The van der Waals surface area contributed by atoms with Gasteiger partial charge in [-0.25, -0.2) is 0 Å². The van der Waals surface area contributed by atoms with E-state index in [0.29, 0.717) is 25.3 Å². The van der Waals surface area contributed by atoms with Crippen LogP contribution in [0.25, 0.3) is 0 Å². The maximum absolute atomic E-state index is 12.1. The molecule has 18 heavy (non-hydrogen) atoms. The van der Waals surface area contributed by atoms with Gasteiger partial charge in [-0.2, -0.15) is 0 Å². The first-order chi connectivity index (χ1) is 8.24. The highest BCUT2D eigenvalue weighted by Crippen LogP contribution is 2.18. The van der Waals surface area contributed by atoms with Crippen molar-refractivity contribution in [3.8, 4) is 0 Å². The monoisotopic (exact) mass is 254 g/mol. The molecule has 0 saturated carbocycles. The van der Waals surface area contributed by atoms with Crippen LogP contribution in [0.1, 0.15) is 47.5 Å². The molecule has 0 aromatic carbocycles. The number of Topliss-reactive ketones (excluding diaryl/α,β-unsaturated/α-hetero) is 1. The topological polar surface area (TPSA) is 49.4 Å². The first kappa shape index (κ1) is 15.2. The van der Waals surface area contributed by atoms with E-state index in [1.54, 1.807) is 0 Å². The number of ketones is 1. The number of nitrogens with zero attached hydrogens (tertiary/aromatic N) is 1. The molecule has 4 heteroatoms. The van der Waals surface area contributed by atoms with Crippen molar-refractivity contribution in [2.24, 2.45) is 5.92 Å². The molecule has 1 fully saturated rings. The highest BCUT2D eigenvalue weighted by molar-refractivity contribution is 5.84. The Labute approximate surface area is 110 Å². The lowest BCUT2D eigenvalue weighted by atomic mass is 9.93. The summed E-state index contributed by atoms with van der Waals surface area (Å²) in [6.07, 6.45) is 1.44. The van der Waals surface area contributed by atoms with Gasteiger partial charge in [0.2, 0.25) is 5.91 Å². The molecule has 0 aliphatic carbocycles. The van der Waals surface area contributed by atoms with Crippen molar-refractivity contribution in [3.05, 3.63) is 0 Å². The van der Waals surface area contributed by atoms with E-state index in [1.807, 2.05) is 34.6 Å². The average Bonchev–Trinajstić information content (AvgIpc) is 2.26. The second kappa shape index (κ2) is 5.83. The van der Waals surface area contributed by atoms with Crippen LogP contribution in [-0.2, 0) is 9.59 Å². The molecule has 1 aliphatic rings. The molecule has 1 heterocycles. The molecule has 0 aromatic rings. The molecular formula is C14H26N2O2. The number of likely N-dealkylation sites (tertiary alicyclic amines) is 1. The van der Waals surface area contributed by atoms with Crippen molar-refractivity contribution in [2.45, 2.75) is 59.0 Å². The van der Waals surface area contributed by atoms with Crippen LogP contribution in [0.3, 0.4) is 0 Å². The molecule has 1 rings (SSSR count). The third-order valence-corrected chi connectivity index (χ3v) is 3.47. The van der Waals surface area contributed by atoms with Crippen LogP contribution in [0.4, 0.5) is 0 Å². The van der Waals surface area contributed by atoms with Gasteiger partial charge >= 0.3 is 0 Å². The van der Waals surface area contributed by atoms with E-state index >= 15 is 0 Å². The molecule has 0 aromatic heterocycles. The minimum Gasteiger partial charge on any atom is -0.350 e. The van der Waals surface area contributed by atoms with E-state index in [1.165, 1.54) is 0 Å². The number of hydrogen-bond acceptors (Lipinski definition) is 3. The van der Waals surface area contributed by atoms with Crippen LogP contribution in [0, 0.1) is 5.92 Å². The molecule has 4 nitrogen and oxygen atoms in total. The van der Waals surface area contributed by atoms with Crippen LogP contribution in [0.15, 0.2) is 0 Å². The second-order valence-electron chi connectivity index (χ2n) is 6.23. The summed E-state index contributed by atoms with van der Waals surface area (Å²) >= 11 is 0. The number of amides is 1. The number of nitrogens with one attached hydrogen (secondary N) is 1. The van der Waals surface area contributed by atoms with Gasteiger partial charge < -0.3 is 5.32 Å². The number of piperidine rings is 1. The molecular weight excluding hydrogens is 228 g/mol. The average molecular weight is 254 g/mol. The quantitative estimate of drug-likeness (QED) is 0.832. The Bertz CT molecular complexity index is 320. The highest BCUT2D eigenvalue weighted by Gasteiger charge is 2.31. The summed E-state index contributed by atoms with van der Waals surface area (Å²) < 4.78 is 0. The standard InChI is InChI=1S/C14H26N2O2/c1-6-11-9-16(8-7-12(11)17)10(2)13(18)15-14(3,4)5/h10-11H,6-9H2,1-5H3,(H,15,18). The normalized spacial score (nSPS) is 23.8. The van der Waals surface area contributed by atoms with E-state index in [9.17, 15) is 9.59 Å². The number of hydrogen-bond donors (Lipinski definition) is 1. The first-order valence-electron chi connectivity index (χ1n) is 6.83. The minimum absolute atomic E-state index is 0.0479. The van der Waals surface area contributed by atoms with Crippen molar-refractivity contribution >= 4 is 11.7 Å². The minimum atomic E-state index is -0.207. The van der Waals surface area contributed by atoms with E-state index in [0.717, 1.165) is 6.42 Å². The zero-order valence-corrected chi connectivity index (χ0v) is 12.2. The van der Waals surface area contributed by atoms with Crippen LogP contribution in [-0.4, -0.2) is 41.3 Å². The number of carbonyl (C=O) groups excluding carboxylic acids is 2. The van der Waals surface area contributed by atoms with Crippen LogP contribution in [0.2, 0.25) is 0 Å². The Morgan fingerprint density at radius 2 is 2.11 bits per heavy atom. The van der Waals surface area contributed by atoms with E-state index in [-0.39, 0.29) is 23.4 Å². The molecule has 1 saturated heterocycles. The summed E-state index contributed by atoms with van der Waals surface area (Å²) in [7, 11) is 0. The Hall–Kier alpha value is -0.900. The van der Waals surface area contributed by atoms with Crippen molar-refractivity contribution < 1.29 is 9.59 Å².